The van der Waals surface area contributed by atoms with Crippen molar-refractivity contribution in [3.8, 4) is 0 Å². The van der Waals surface area contributed by atoms with Gasteiger partial charge < -0.3 is 4.42 Å². The summed E-state index contributed by atoms with van der Waals surface area (Å²) >= 11 is 1.74. The highest BCUT2D eigenvalue weighted by Crippen LogP contribution is 2.34. The number of rotatable bonds is 2. The van der Waals surface area contributed by atoms with Gasteiger partial charge >= 0.3 is 0 Å². The van der Waals surface area contributed by atoms with Crippen molar-refractivity contribution >= 4 is 53.4 Å². The fourth-order valence-corrected chi connectivity index (χ4v) is 5.78. The maximum absolute atomic E-state index is 12.8. The maximum atomic E-state index is 12.8. The standard InChI is InChI=1S/C19H20OS.C13H8O2/c1-11(2)13-9-15(12(3)4)19-16(10-13)18(20)14-7-5-6-8-17(14)21-19;14-13-9-5-1-3-7-11(9)15-12-8-4-2-6-10(12)13/h5-12H,1-4H3;1-8H. The zero-order valence-corrected chi connectivity index (χ0v) is 21.7. The third-order valence-corrected chi connectivity index (χ3v) is 7.74. The Hall–Kier alpha value is -3.76. The van der Waals surface area contributed by atoms with Crippen molar-refractivity contribution in [3.05, 3.63) is 117 Å². The first-order valence-corrected chi connectivity index (χ1v) is 13.1. The summed E-state index contributed by atoms with van der Waals surface area (Å²) in [6.45, 7) is 8.76. The van der Waals surface area contributed by atoms with E-state index in [1.54, 1.807) is 23.5 Å². The van der Waals surface area contributed by atoms with E-state index in [4.69, 9.17) is 4.42 Å². The monoisotopic (exact) mass is 492 g/mol. The molecule has 0 atom stereocenters. The van der Waals surface area contributed by atoms with E-state index in [0.717, 1.165) is 20.2 Å². The molecule has 2 aromatic heterocycles. The van der Waals surface area contributed by atoms with Gasteiger partial charge in [-0.1, -0.05) is 70.2 Å². The molecule has 0 aliphatic heterocycles. The van der Waals surface area contributed by atoms with E-state index in [9.17, 15) is 9.59 Å². The zero-order chi connectivity index (χ0) is 25.4. The molecule has 3 nitrogen and oxygen atoms in total. The van der Waals surface area contributed by atoms with Crippen LogP contribution >= 0.6 is 11.3 Å². The molecule has 0 N–H and O–H groups in total. The van der Waals surface area contributed by atoms with E-state index < -0.39 is 0 Å². The Labute approximate surface area is 213 Å². The van der Waals surface area contributed by atoms with Crippen molar-refractivity contribution in [2.75, 3.05) is 0 Å². The van der Waals surface area contributed by atoms with Gasteiger partial charge in [0.05, 0.1) is 10.8 Å². The molecule has 0 aliphatic carbocycles. The molecule has 36 heavy (non-hydrogen) atoms. The van der Waals surface area contributed by atoms with E-state index in [1.807, 2.05) is 60.7 Å². The van der Waals surface area contributed by atoms with Gasteiger partial charge in [-0.3, -0.25) is 9.59 Å². The zero-order valence-electron chi connectivity index (χ0n) is 20.9. The quantitative estimate of drug-likeness (QED) is 0.227. The number of hydrogen-bond acceptors (Lipinski definition) is 4. The van der Waals surface area contributed by atoms with Crippen molar-refractivity contribution < 1.29 is 4.42 Å². The van der Waals surface area contributed by atoms with E-state index in [2.05, 4.69) is 39.8 Å². The summed E-state index contributed by atoms with van der Waals surface area (Å²) < 4.78 is 7.86. The summed E-state index contributed by atoms with van der Waals surface area (Å²) in [6, 6.07) is 26.9. The number of para-hydroxylation sites is 2. The smallest absolute Gasteiger partial charge is 0.200 e. The molecule has 0 fully saturated rings. The lowest BCUT2D eigenvalue weighted by Crippen LogP contribution is -2.04. The SMILES string of the molecule is CC(C)c1cc(C(C)C)c2sc3ccccc3c(=O)c2c1.O=c1c2ccccc2oc2ccccc12. The number of benzene rings is 4. The Morgan fingerprint density at radius 3 is 1.72 bits per heavy atom. The topological polar surface area (TPSA) is 47.3 Å². The second-order valence-electron chi connectivity index (χ2n) is 9.65. The molecule has 0 amide bonds. The minimum absolute atomic E-state index is 0.0347. The molecule has 0 unspecified atom stereocenters. The van der Waals surface area contributed by atoms with Crippen LogP contribution in [-0.2, 0) is 0 Å². The van der Waals surface area contributed by atoms with Crippen molar-refractivity contribution in [1.82, 2.24) is 0 Å². The van der Waals surface area contributed by atoms with Crippen LogP contribution in [0.3, 0.4) is 0 Å². The summed E-state index contributed by atoms with van der Waals surface area (Å²) in [5, 5.41) is 2.99. The minimum Gasteiger partial charge on any atom is -0.456 e. The average Bonchev–Trinajstić information content (AvgIpc) is 2.89. The Balaban J connectivity index is 0.000000156. The Kier molecular flexibility index (Phi) is 6.46. The second-order valence-corrected chi connectivity index (χ2v) is 10.7. The summed E-state index contributed by atoms with van der Waals surface area (Å²) in [4.78, 5) is 24.9. The fourth-order valence-electron chi connectivity index (χ4n) is 4.47. The molecule has 2 heterocycles. The number of fused-ring (bicyclic) bond motifs is 4. The third kappa shape index (κ3) is 4.33. The molecule has 4 aromatic carbocycles. The molecule has 0 saturated heterocycles. The van der Waals surface area contributed by atoms with Gasteiger partial charge in [0.15, 0.2) is 5.43 Å². The first-order chi connectivity index (χ1) is 17.3. The van der Waals surface area contributed by atoms with Crippen LogP contribution in [0.2, 0.25) is 0 Å². The van der Waals surface area contributed by atoms with Gasteiger partial charge in [-0.2, -0.15) is 0 Å². The van der Waals surface area contributed by atoms with E-state index in [-0.39, 0.29) is 10.9 Å². The highest BCUT2D eigenvalue weighted by atomic mass is 32.1. The van der Waals surface area contributed by atoms with E-state index >= 15 is 0 Å². The van der Waals surface area contributed by atoms with Gasteiger partial charge in [-0.05, 0) is 65.4 Å². The largest absolute Gasteiger partial charge is 0.456 e. The van der Waals surface area contributed by atoms with Crippen LogP contribution in [0.15, 0.2) is 98.9 Å². The molecule has 0 spiro atoms. The molecular weight excluding hydrogens is 464 g/mol. The molecule has 0 aliphatic rings. The summed E-state index contributed by atoms with van der Waals surface area (Å²) in [5.41, 5.74) is 4.04. The molecule has 0 radical (unpaired) electrons. The predicted octanol–water partition coefficient (Wildman–Crippen LogP) is 8.61. The molecule has 6 rings (SSSR count). The minimum atomic E-state index is 0.0347. The molecule has 4 heteroatoms. The van der Waals surface area contributed by atoms with E-state index in [0.29, 0.717) is 33.8 Å². The van der Waals surface area contributed by atoms with Gasteiger partial charge in [0.2, 0.25) is 5.43 Å². The number of hydrogen-bond donors (Lipinski definition) is 0. The average molecular weight is 493 g/mol. The van der Waals surface area contributed by atoms with Gasteiger partial charge in [0, 0.05) is 20.2 Å². The summed E-state index contributed by atoms with van der Waals surface area (Å²) in [5.74, 6) is 0.853. The molecule has 180 valence electrons. The predicted molar refractivity (Wildman–Crippen MR) is 154 cm³/mol. The first-order valence-electron chi connectivity index (χ1n) is 12.2. The molecule has 0 saturated carbocycles. The van der Waals surface area contributed by atoms with Crippen LogP contribution < -0.4 is 10.9 Å². The first kappa shape index (κ1) is 24.0. The van der Waals surface area contributed by atoms with Gasteiger partial charge in [-0.15, -0.1) is 11.3 Å². The van der Waals surface area contributed by atoms with Crippen LogP contribution in [0.5, 0.6) is 0 Å². The highest BCUT2D eigenvalue weighted by molar-refractivity contribution is 7.24. The highest BCUT2D eigenvalue weighted by Gasteiger charge is 2.14. The summed E-state index contributed by atoms with van der Waals surface area (Å²) in [6.07, 6.45) is 0. The lowest BCUT2D eigenvalue weighted by Gasteiger charge is -2.15. The van der Waals surface area contributed by atoms with Gasteiger partial charge in [0.1, 0.15) is 11.2 Å². The Morgan fingerprint density at radius 1 is 0.611 bits per heavy atom. The Morgan fingerprint density at radius 2 is 1.14 bits per heavy atom. The molecule has 0 bridgehead atoms. The maximum Gasteiger partial charge on any atom is 0.200 e. The lowest BCUT2D eigenvalue weighted by molar-refractivity contribution is 0.660. The van der Waals surface area contributed by atoms with Crippen LogP contribution in [0.1, 0.15) is 50.7 Å². The van der Waals surface area contributed by atoms with Crippen LogP contribution in [0.25, 0.3) is 42.1 Å². The normalized spacial score (nSPS) is 11.5. The van der Waals surface area contributed by atoms with Gasteiger partial charge in [0.25, 0.3) is 0 Å². The van der Waals surface area contributed by atoms with Crippen molar-refractivity contribution in [1.29, 1.82) is 0 Å². The van der Waals surface area contributed by atoms with Crippen molar-refractivity contribution in [2.24, 2.45) is 0 Å². The molecule has 6 aromatic rings. The van der Waals surface area contributed by atoms with Crippen molar-refractivity contribution in [3.63, 3.8) is 0 Å². The van der Waals surface area contributed by atoms with Crippen LogP contribution in [-0.4, -0.2) is 0 Å². The van der Waals surface area contributed by atoms with Crippen molar-refractivity contribution in [2.45, 2.75) is 39.5 Å². The lowest BCUT2D eigenvalue weighted by atomic mass is 9.93. The van der Waals surface area contributed by atoms with Gasteiger partial charge in [-0.25, -0.2) is 0 Å². The molecular formula is C32H28O3S. The third-order valence-electron chi connectivity index (χ3n) is 6.50. The van der Waals surface area contributed by atoms with E-state index in [1.165, 1.54) is 11.1 Å². The fraction of sp³-hybridized carbons (Fsp3) is 0.188. The second kappa shape index (κ2) is 9.71. The van der Waals surface area contributed by atoms with Crippen LogP contribution in [0.4, 0.5) is 0 Å². The van der Waals surface area contributed by atoms with Crippen LogP contribution in [0, 0.1) is 0 Å². The summed E-state index contributed by atoms with van der Waals surface area (Å²) in [7, 11) is 0. The Bertz CT molecular complexity index is 1780.